The quantitative estimate of drug-likeness (QED) is 0.189. The van der Waals surface area contributed by atoms with Gasteiger partial charge in [-0.2, -0.15) is 0 Å². The lowest BCUT2D eigenvalue weighted by Gasteiger charge is -1.95. The summed E-state index contributed by atoms with van der Waals surface area (Å²) in [4.78, 5) is 10.2. The van der Waals surface area contributed by atoms with Crippen molar-refractivity contribution in [1.82, 2.24) is 0 Å². The fourth-order valence-electron chi connectivity index (χ4n) is 2.77. The minimum Gasteiger partial charge on any atom is -0.472 e. The lowest BCUT2D eigenvalue weighted by atomic mass is 10.1. The van der Waals surface area contributed by atoms with Crippen molar-refractivity contribution in [3.8, 4) is 71.5 Å². The Morgan fingerprint density at radius 1 is 0.657 bits per heavy atom. The molecule has 0 fully saturated rings. The molecule has 0 radical (unpaired) electrons. The summed E-state index contributed by atoms with van der Waals surface area (Å²) in [5.41, 5.74) is 0. The average molecular weight is 471 g/mol. The molecule has 0 unspecified atom stereocenters. The van der Waals surface area contributed by atoms with Crippen LogP contribution in [0, 0.1) is 71.5 Å². The van der Waals surface area contributed by atoms with Gasteiger partial charge in [-0.15, -0.1) is 30.1 Å². The smallest absolute Gasteiger partial charge is 0.381 e. The molecule has 0 bridgehead atoms. The summed E-state index contributed by atoms with van der Waals surface area (Å²) >= 11 is 0. The molecule has 0 aromatic carbocycles. The minimum absolute atomic E-state index is 0.641. The van der Waals surface area contributed by atoms with Gasteiger partial charge in [-0.05, 0) is 62.9 Å². The Hall–Kier alpha value is -3.47. The van der Waals surface area contributed by atoms with E-state index in [1.807, 2.05) is 6.08 Å². The van der Waals surface area contributed by atoms with E-state index in [0.29, 0.717) is 6.42 Å². The van der Waals surface area contributed by atoms with Gasteiger partial charge >= 0.3 is 5.97 Å². The highest BCUT2D eigenvalue weighted by molar-refractivity contribution is 5.86. The van der Waals surface area contributed by atoms with E-state index in [1.165, 1.54) is 0 Å². The molecule has 184 valence electrons. The number of hydrogen-bond acceptors (Lipinski definition) is 2. The molecular formula is C32H38O3. The third kappa shape index (κ3) is 28.5. The van der Waals surface area contributed by atoms with Crippen LogP contribution in [0.4, 0.5) is 0 Å². The maximum atomic E-state index is 10.2. The molecule has 1 atom stereocenters. The summed E-state index contributed by atoms with van der Waals surface area (Å²) < 4.78 is 0. The second kappa shape index (κ2) is 26.8. The van der Waals surface area contributed by atoms with Gasteiger partial charge in [-0.1, -0.05) is 42.6 Å². The summed E-state index contributed by atoms with van der Waals surface area (Å²) in [6.45, 7) is 0. The number of rotatable bonds is 14. The van der Waals surface area contributed by atoms with E-state index in [2.05, 4.69) is 65.1 Å². The molecule has 0 aromatic heterocycles. The van der Waals surface area contributed by atoms with Gasteiger partial charge in [0.25, 0.3) is 0 Å². The van der Waals surface area contributed by atoms with Crippen LogP contribution in [0.3, 0.4) is 0 Å². The van der Waals surface area contributed by atoms with Gasteiger partial charge in [0.15, 0.2) is 0 Å². The molecule has 0 rings (SSSR count). The fourth-order valence-corrected chi connectivity index (χ4v) is 2.77. The second-order valence-corrected chi connectivity index (χ2v) is 7.82. The van der Waals surface area contributed by atoms with E-state index in [-0.39, 0.29) is 0 Å². The highest BCUT2D eigenvalue weighted by atomic mass is 16.4. The van der Waals surface area contributed by atoms with Crippen LogP contribution in [-0.4, -0.2) is 22.3 Å². The Bertz CT molecular complexity index is 953. The van der Waals surface area contributed by atoms with Crippen LogP contribution in [0.2, 0.25) is 0 Å². The highest BCUT2D eigenvalue weighted by Crippen LogP contribution is 2.04. The monoisotopic (exact) mass is 470 g/mol. The van der Waals surface area contributed by atoms with Crippen molar-refractivity contribution in [1.29, 1.82) is 0 Å². The average Bonchev–Trinajstić information content (AvgIpc) is 2.85. The van der Waals surface area contributed by atoms with Crippen molar-refractivity contribution < 1.29 is 15.0 Å². The predicted octanol–water partition coefficient (Wildman–Crippen LogP) is 5.88. The Morgan fingerprint density at radius 3 is 1.66 bits per heavy atom. The molecule has 0 amide bonds. The first kappa shape index (κ1) is 31.5. The van der Waals surface area contributed by atoms with E-state index in [0.717, 1.165) is 96.3 Å². The third-order valence-electron chi connectivity index (χ3n) is 4.66. The second-order valence-electron chi connectivity index (χ2n) is 7.82. The van der Waals surface area contributed by atoms with Crippen molar-refractivity contribution in [2.45, 2.75) is 109 Å². The molecule has 3 heteroatoms. The highest BCUT2D eigenvalue weighted by Gasteiger charge is 1.90. The fraction of sp³-hybridized carbons (Fsp3) is 0.531. The van der Waals surface area contributed by atoms with Crippen LogP contribution < -0.4 is 0 Å². The molecule has 0 aliphatic carbocycles. The summed E-state index contributed by atoms with van der Waals surface area (Å²) in [6, 6.07) is 0. The first-order valence-electron chi connectivity index (χ1n) is 12.6. The van der Waals surface area contributed by atoms with Crippen molar-refractivity contribution in [2.24, 2.45) is 0 Å². The summed E-state index contributed by atoms with van der Waals surface area (Å²) in [5, 5.41) is 17.6. The molecule has 0 heterocycles. The normalized spacial score (nSPS) is 9.94. The summed E-state index contributed by atoms with van der Waals surface area (Å²) in [7, 11) is 0. The van der Waals surface area contributed by atoms with Crippen LogP contribution in [-0.2, 0) is 4.79 Å². The van der Waals surface area contributed by atoms with Crippen molar-refractivity contribution in [3.63, 3.8) is 0 Å². The van der Waals surface area contributed by atoms with Crippen LogP contribution in [0.15, 0.2) is 12.2 Å². The van der Waals surface area contributed by atoms with E-state index in [4.69, 9.17) is 11.5 Å². The SMILES string of the molecule is C#C[C@@H](O)/C=C/CCCCCC#CC#CCCCC#CCCCC#CCCCCCC#CC(=O)O. The maximum Gasteiger partial charge on any atom is 0.381 e. The van der Waals surface area contributed by atoms with Crippen LogP contribution in [0.1, 0.15) is 103 Å². The van der Waals surface area contributed by atoms with Gasteiger partial charge in [-0.25, -0.2) is 4.79 Å². The first-order valence-corrected chi connectivity index (χ1v) is 12.6. The molecule has 3 nitrogen and oxygen atoms in total. The van der Waals surface area contributed by atoms with Gasteiger partial charge < -0.3 is 10.2 Å². The Labute approximate surface area is 213 Å². The minimum atomic E-state index is -1.06. The lowest BCUT2D eigenvalue weighted by Crippen LogP contribution is -1.95. The van der Waals surface area contributed by atoms with Crippen LogP contribution in [0.5, 0.6) is 0 Å². The van der Waals surface area contributed by atoms with Gasteiger partial charge in [0, 0.05) is 50.9 Å². The van der Waals surface area contributed by atoms with E-state index >= 15 is 0 Å². The zero-order valence-electron chi connectivity index (χ0n) is 20.9. The molecule has 0 saturated heterocycles. The number of aliphatic hydroxyl groups is 1. The number of carboxylic acid groups (broad SMARTS) is 1. The largest absolute Gasteiger partial charge is 0.472 e. The molecule has 0 aliphatic rings. The molecular weight excluding hydrogens is 432 g/mol. The topological polar surface area (TPSA) is 57.5 Å². The number of hydrogen-bond donors (Lipinski definition) is 2. The zero-order chi connectivity index (χ0) is 25.7. The summed E-state index contributed by atoms with van der Waals surface area (Å²) in [5.74, 6) is 30.7. The first-order chi connectivity index (χ1) is 17.2. The number of aliphatic carboxylic acids is 1. The molecule has 35 heavy (non-hydrogen) atoms. The molecule has 0 saturated carbocycles. The van der Waals surface area contributed by atoms with Crippen molar-refractivity contribution in [2.75, 3.05) is 0 Å². The Morgan fingerprint density at radius 2 is 1.11 bits per heavy atom. The summed E-state index contributed by atoms with van der Waals surface area (Å²) in [6.07, 6.45) is 22.9. The number of carbonyl (C=O) groups is 1. The van der Waals surface area contributed by atoms with Gasteiger partial charge in [-0.3, -0.25) is 0 Å². The van der Waals surface area contributed by atoms with Crippen molar-refractivity contribution >= 4 is 5.97 Å². The predicted molar refractivity (Wildman–Crippen MR) is 144 cm³/mol. The standard InChI is InChI=1S/C32H38O3/c1-2-31(33)29-27-25-23-21-19-17-15-13-11-9-7-5-3-4-6-8-10-12-14-16-18-20-22-24-26-28-30-32(34)35/h1,27,29,31,33H,3,5,7-8,10,12,17-26H2,(H,34,35)/b29-27+/t31-/m1/s1. The molecule has 0 spiro atoms. The van der Waals surface area contributed by atoms with E-state index < -0.39 is 12.1 Å². The van der Waals surface area contributed by atoms with Gasteiger partial charge in [0.05, 0.1) is 0 Å². The third-order valence-corrected chi connectivity index (χ3v) is 4.66. The number of carboxylic acids is 1. The Balaban J connectivity index is 3.51. The lowest BCUT2D eigenvalue weighted by molar-refractivity contribution is -0.130. The number of unbranched alkanes of at least 4 members (excludes halogenated alkanes) is 12. The van der Waals surface area contributed by atoms with Crippen LogP contribution in [0.25, 0.3) is 0 Å². The molecule has 0 aromatic rings. The zero-order valence-corrected chi connectivity index (χ0v) is 20.9. The van der Waals surface area contributed by atoms with Crippen molar-refractivity contribution in [3.05, 3.63) is 12.2 Å². The van der Waals surface area contributed by atoms with Crippen LogP contribution >= 0.6 is 0 Å². The maximum absolute atomic E-state index is 10.2. The van der Waals surface area contributed by atoms with E-state index in [9.17, 15) is 9.90 Å². The van der Waals surface area contributed by atoms with E-state index in [1.54, 1.807) is 6.08 Å². The molecule has 0 aliphatic heterocycles. The number of aliphatic hydroxyl groups excluding tert-OH is 1. The number of terminal acetylenes is 1. The van der Waals surface area contributed by atoms with Gasteiger partial charge in [0.1, 0.15) is 6.10 Å². The van der Waals surface area contributed by atoms with Gasteiger partial charge in [0.2, 0.25) is 0 Å². The molecule has 2 N–H and O–H groups in total. The number of allylic oxidation sites excluding steroid dienone is 1. The Kier molecular flexibility index (Phi) is 24.1.